The second kappa shape index (κ2) is 6.41. The summed E-state index contributed by atoms with van der Waals surface area (Å²) in [6.07, 6.45) is 3.03. The molecule has 1 aromatic rings. The van der Waals surface area contributed by atoms with Gasteiger partial charge in [-0.05, 0) is 43.4 Å². The number of nitrogens with one attached hydrogen (secondary N) is 1. The second-order valence-corrected chi connectivity index (χ2v) is 5.35. The van der Waals surface area contributed by atoms with Crippen LogP contribution in [0.25, 0.3) is 0 Å². The van der Waals surface area contributed by atoms with Gasteiger partial charge in [-0.3, -0.25) is 9.59 Å². The molecule has 5 nitrogen and oxygen atoms in total. The molecule has 0 unspecified atom stereocenters. The molecule has 20 heavy (non-hydrogen) atoms. The standard InChI is InChI=1S/C15H20N2O3/c16-12-5-1-10(2-6-12)3-8-14(18)17-13-7-4-11(9-13)15(19)20/h1-2,5-6,11,13H,3-4,7-9,16H2,(H,17,18)(H,19,20)/t11-,13+/m1/s1. The predicted octanol–water partition coefficient (Wildman–Crippen LogP) is 1.57. The van der Waals surface area contributed by atoms with Crippen molar-refractivity contribution >= 4 is 17.6 Å². The van der Waals surface area contributed by atoms with Crippen LogP contribution < -0.4 is 11.1 Å². The molecule has 0 bridgehead atoms. The Kier molecular flexibility index (Phi) is 4.61. The lowest BCUT2D eigenvalue weighted by molar-refractivity contribution is -0.141. The van der Waals surface area contributed by atoms with Crippen LogP contribution in [0.1, 0.15) is 31.2 Å². The first-order valence-electron chi connectivity index (χ1n) is 6.91. The minimum atomic E-state index is -0.761. The van der Waals surface area contributed by atoms with Crippen LogP contribution in [0, 0.1) is 5.92 Å². The zero-order valence-electron chi connectivity index (χ0n) is 11.3. The summed E-state index contributed by atoms with van der Waals surface area (Å²) in [7, 11) is 0. The Balaban J connectivity index is 1.73. The summed E-state index contributed by atoms with van der Waals surface area (Å²) in [5, 5.41) is 11.8. The number of hydrogen-bond acceptors (Lipinski definition) is 3. The zero-order chi connectivity index (χ0) is 14.5. The van der Waals surface area contributed by atoms with Crippen molar-refractivity contribution < 1.29 is 14.7 Å². The van der Waals surface area contributed by atoms with Crippen LogP contribution in [-0.2, 0) is 16.0 Å². The van der Waals surface area contributed by atoms with Gasteiger partial charge in [-0.15, -0.1) is 0 Å². The van der Waals surface area contributed by atoms with E-state index in [9.17, 15) is 9.59 Å². The summed E-state index contributed by atoms with van der Waals surface area (Å²) in [5.41, 5.74) is 7.39. The normalized spacial score (nSPS) is 21.6. The van der Waals surface area contributed by atoms with E-state index in [-0.39, 0.29) is 17.9 Å². The molecule has 1 amide bonds. The van der Waals surface area contributed by atoms with Crippen molar-refractivity contribution in [1.29, 1.82) is 0 Å². The molecule has 2 rings (SSSR count). The number of carbonyl (C=O) groups excluding carboxylic acids is 1. The predicted molar refractivity (Wildman–Crippen MR) is 76.1 cm³/mol. The fourth-order valence-corrected chi connectivity index (χ4v) is 2.58. The quantitative estimate of drug-likeness (QED) is 0.712. The van der Waals surface area contributed by atoms with Crippen molar-refractivity contribution in [2.75, 3.05) is 5.73 Å². The average molecular weight is 276 g/mol. The second-order valence-electron chi connectivity index (χ2n) is 5.35. The first kappa shape index (κ1) is 14.4. The smallest absolute Gasteiger partial charge is 0.306 e. The Morgan fingerprint density at radius 3 is 2.55 bits per heavy atom. The summed E-state index contributed by atoms with van der Waals surface area (Å²) < 4.78 is 0. The van der Waals surface area contributed by atoms with E-state index in [2.05, 4.69) is 5.32 Å². The molecule has 0 heterocycles. The number of aliphatic carboxylic acids is 1. The third kappa shape index (κ3) is 3.98. The number of anilines is 1. The molecule has 1 aromatic carbocycles. The number of aryl methyl sites for hydroxylation is 1. The molecule has 1 aliphatic carbocycles. The highest BCUT2D eigenvalue weighted by atomic mass is 16.4. The Morgan fingerprint density at radius 1 is 1.25 bits per heavy atom. The maximum Gasteiger partial charge on any atom is 0.306 e. The van der Waals surface area contributed by atoms with Crippen molar-refractivity contribution in [2.45, 2.75) is 38.1 Å². The number of nitrogen functional groups attached to an aromatic ring is 1. The Morgan fingerprint density at radius 2 is 1.95 bits per heavy atom. The van der Waals surface area contributed by atoms with Gasteiger partial charge in [0.15, 0.2) is 0 Å². The summed E-state index contributed by atoms with van der Waals surface area (Å²) in [6.45, 7) is 0. The summed E-state index contributed by atoms with van der Waals surface area (Å²) in [6, 6.07) is 7.48. The van der Waals surface area contributed by atoms with Gasteiger partial charge in [0.05, 0.1) is 5.92 Å². The highest BCUT2D eigenvalue weighted by Gasteiger charge is 2.30. The van der Waals surface area contributed by atoms with E-state index < -0.39 is 5.97 Å². The molecule has 4 N–H and O–H groups in total. The minimum absolute atomic E-state index is 0.00928. The van der Waals surface area contributed by atoms with Gasteiger partial charge in [0.25, 0.3) is 0 Å². The third-order valence-corrected chi connectivity index (χ3v) is 3.77. The van der Waals surface area contributed by atoms with Crippen LogP contribution in [-0.4, -0.2) is 23.0 Å². The van der Waals surface area contributed by atoms with Crippen molar-refractivity contribution in [1.82, 2.24) is 5.32 Å². The first-order valence-corrected chi connectivity index (χ1v) is 6.91. The number of amides is 1. The monoisotopic (exact) mass is 276 g/mol. The molecule has 0 spiro atoms. The van der Waals surface area contributed by atoms with E-state index in [4.69, 9.17) is 10.8 Å². The molecule has 0 radical (unpaired) electrons. The molecule has 0 aromatic heterocycles. The Hall–Kier alpha value is -2.04. The number of benzene rings is 1. The molecule has 108 valence electrons. The largest absolute Gasteiger partial charge is 0.481 e. The van der Waals surface area contributed by atoms with Crippen molar-refractivity contribution in [3.63, 3.8) is 0 Å². The number of carboxylic acids is 1. The van der Waals surface area contributed by atoms with E-state index in [1.165, 1.54) is 0 Å². The highest BCUT2D eigenvalue weighted by Crippen LogP contribution is 2.25. The third-order valence-electron chi connectivity index (χ3n) is 3.77. The number of hydrogen-bond donors (Lipinski definition) is 3. The summed E-state index contributed by atoms with van der Waals surface area (Å²) in [5.74, 6) is -1.08. The van der Waals surface area contributed by atoms with E-state index in [1.54, 1.807) is 0 Å². The Bertz CT molecular complexity index is 484. The molecule has 2 atom stereocenters. The molecular formula is C15H20N2O3. The number of carboxylic acid groups (broad SMARTS) is 1. The van der Waals surface area contributed by atoms with Crippen molar-refractivity contribution in [3.05, 3.63) is 29.8 Å². The summed E-state index contributed by atoms with van der Waals surface area (Å²) >= 11 is 0. The van der Waals surface area contributed by atoms with E-state index in [0.29, 0.717) is 31.4 Å². The lowest BCUT2D eigenvalue weighted by Gasteiger charge is -2.12. The van der Waals surface area contributed by atoms with E-state index in [1.807, 2.05) is 24.3 Å². The lowest BCUT2D eigenvalue weighted by Crippen LogP contribution is -2.33. The van der Waals surface area contributed by atoms with Gasteiger partial charge >= 0.3 is 5.97 Å². The van der Waals surface area contributed by atoms with Crippen molar-refractivity contribution in [3.8, 4) is 0 Å². The highest BCUT2D eigenvalue weighted by molar-refractivity contribution is 5.77. The molecule has 0 saturated heterocycles. The topological polar surface area (TPSA) is 92.4 Å². The molecule has 1 aliphatic rings. The van der Waals surface area contributed by atoms with Gasteiger partial charge in [-0.25, -0.2) is 0 Å². The SMILES string of the molecule is Nc1ccc(CCC(=O)N[C@H]2CC[C@@H](C(=O)O)C2)cc1. The lowest BCUT2D eigenvalue weighted by atomic mass is 10.1. The van der Waals surface area contributed by atoms with Gasteiger partial charge in [-0.2, -0.15) is 0 Å². The van der Waals surface area contributed by atoms with Crippen LogP contribution in [0.15, 0.2) is 24.3 Å². The van der Waals surface area contributed by atoms with Crippen molar-refractivity contribution in [2.24, 2.45) is 5.92 Å². The van der Waals surface area contributed by atoms with Crippen LogP contribution in [0.3, 0.4) is 0 Å². The van der Waals surface area contributed by atoms with Crippen LogP contribution >= 0.6 is 0 Å². The molecular weight excluding hydrogens is 256 g/mol. The molecule has 5 heteroatoms. The molecule has 1 fully saturated rings. The molecule has 0 aliphatic heterocycles. The van der Waals surface area contributed by atoms with E-state index >= 15 is 0 Å². The zero-order valence-corrected chi connectivity index (χ0v) is 11.3. The van der Waals surface area contributed by atoms with Crippen LogP contribution in [0.4, 0.5) is 5.69 Å². The van der Waals surface area contributed by atoms with Gasteiger partial charge in [0.2, 0.25) is 5.91 Å². The summed E-state index contributed by atoms with van der Waals surface area (Å²) in [4.78, 5) is 22.7. The maximum absolute atomic E-state index is 11.8. The molecule has 1 saturated carbocycles. The van der Waals surface area contributed by atoms with Crippen LogP contribution in [0.5, 0.6) is 0 Å². The van der Waals surface area contributed by atoms with Crippen LogP contribution in [0.2, 0.25) is 0 Å². The van der Waals surface area contributed by atoms with Gasteiger partial charge < -0.3 is 16.2 Å². The van der Waals surface area contributed by atoms with Gasteiger partial charge in [0.1, 0.15) is 0 Å². The van der Waals surface area contributed by atoms with Gasteiger partial charge in [-0.1, -0.05) is 12.1 Å². The van der Waals surface area contributed by atoms with Gasteiger partial charge in [0, 0.05) is 18.2 Å². The fraction of sp³-hybridized carbons (Fsp3) is 0.467. The average Bonchev–Trinajstić information content (AvgIpc) is 2.87. The number of rotatable bonds is 5. The Labute approximate surface area is 118 Å². The number of nitrogens with two attached hydrogens (primary N) is 1. The van der Waals surface area contributed by atoms with E-state index in [0.717, 1.165) is 12.0 Å². The fourth-order valence-electron chi connectivity index (χ4n) is 2.58. The number of carbonyl (C=O) groups is 2. The first-order chi connectivity index (χ1) is 9.54. The maximum atomic E-state index is 11.8. The minimum Gasteiger partial charge on any atom is -0.481 e.